The van der Waals surface area contributed by atoms with Gasteiger partial charge in [-0.25, -0.2) is 4.68 Å². The maximum Gasteiger partial charge on any atom is 0.254 e. The van der Waals surface area contributed by atoms with Crippen LogP contribution in [0.4, 0.5) is 5.69 Å². The van der Waals surface area contributed by atoms with Crippen molar-refractivity contribution in [2.75, 3.05) is 18.1 Å². The largest absolute Gasteiger partial charge is 0.376 e. The number of hydrogen-bond acceptors (Lipinski definition) is 6. The van der Waals surface area contributed by atoms with E-state index in [2.05, 4.69) is 62.7 Å². The fourth-order valence-electron chi connectivity index (χ4n) is 5.50. The van der Waals surface area contributed by atoms with Gasteiger partial charge in [-0.3, -0.25) is 4.79 Å². The standard InChI is InChI=1S/C26H28N6O2/c1-16-12-17(2)23-19(13-16)14-21(26(33)27-23)24(31-10-9-18-6-3-4-8-22(18)31)25-28-29-30-32(25)15-20-7-5-11-34-20/h3-4,6,8,12-14,20,24H,5,7,9-11,15H2,1-2H3,(H,27,33)/t20-,24+/m0/s1. The first-order valence-electron chi connectivity index (χ1n) is 11.9. The summed E-state index contributed by atoms with van der Waals surface area (Å²) < 4.78 is 7.68. The second kappa shape index (κ2) is 8.36. The zero-order valence-corrected chi connectivity index (χ0v) is 19.5. The number of aryl methyl sites for hydroxylation is 2. The van der Waals surface area contributed by atoms with E-state index in [4.69, 9.17) is 4.74 Å². The van der Waals surface area contributed by atoms with E-state index in [0.717, 1.165) is 60.1 Å². The third-order valence-corrected chi connectivity index (χ3v) is 7.06. The number of nitrogens with one attached hydrogen (secondary N) is 1. The van der Waals surface area contributed by atoms with E-state index in [1.807, 2.05) is 23.7 Å². The summed E-state index contributed by atoms with van der Waals surface area (Å²) in [4.78, 5) is 19.0. The molecule has 2 aromatic heterocycles. The van der Waals surface area contributed by atoms with Crippen LogP contribution in [0.3, 0.4) is 0 Å². The lowest BCUT2D eigenvalue weighted by Crippen LogP contribution is -2.35. The van der Waals surface area contributed by atoms with Crippen molar-refractivity contribution < 1.29 is 4.74 Å². The summed E-state index contributed by atoms with van der Waals surface area (Å²) in [7, 11) is 0. The highest BCUT2D eigenvalue weighted by molar-refractivity contribution is 5.83. The van der Waals surface area contributed by atoms with Crippen molar-refractivity contribution in [3.05, 3.63) is 80.9 Å². The van der Waals surface area contributed by atoms with Crippen molar-refractivity contribution in [1.82, 2.24) is 25.2 Å². The Morgan fingerprint density at radius 2 is 2.09 bits per heavy atom. The molecule has 8 nitrogen and oxygen atoms in total. The number of ether oxygens (including phenoxy) is 1. The molecule has 8 heteroatoms. The Morgan fingerprint density at radius 1 is 1.21 bits per heavy atom. The molecule has 0 unspecified atom stereocenters. The Hall–Kier alpha value is -3.52. The maximum atomic E-state index is 13.5. The Bertz CT molecular complexity index is 1420. The molecule has 174 valence electrons. The minimum atomic E-state index is -0.408. The van der Waals surface area contributed by atoms with E-state index in [-0.39, 0.29) is 11.7 Å². The van der Waals surface area contributed by atoms with Crippen LogP contribution in [-0.2, 0) is 17.7 Å². The van der Waals surface area contributed by atoms with Crippen LogP contribution in [0.5, 0.6) is 0 Å². The quantitative estimate of drug-likeness (QED) is 0.495. The van der Waals surface area contributed by atoms with E-state index < -0.39 is 6.04 Å². The summed E-state index contributed by atoms with van der Waals surface area (Å²) in [5, 5.41) is 13.8. The Balaban J connectivity index is 1.53. The smallest absolute Gasteiger partial charge is 0.254 e. The molecule has 2 aliphatic rings. The molecule has 1 N–H and O–H groups in total. The fraction of sp³-hybridized carbons (Fsp3) is 0.385. The minimum Gasteiger partial charge on any atom is -0.376 e. The molecular formula is C26H28N6O2. The number of benzene rings is 2. The van der Waals surface area contributed by atoms with Gasteiger partial charge in [0.1, 0.15) is 6.04 Å². The molecule has 0 saturated carbocycles. The van der Waals surface area contributed by atoms with Crippen LogP contribution in [0.1, 0.15) is 47.0 Å². The van der Waals surface area contributed by atoms with E-state index in [1.54, 1.807) is 0 Å². The lowest BCUT2D eigenvalue weighted by Gasteiger charge is -2.30. The normalized spacial score (nSPS) is 18.5. The predicted octanol–water partition coefficient (Wildman–Crippen LogP) is 3.46. The molecule has 4 heterocycles. The molecule has 0 radical (unpaired) electrons. The van der Waals surface area contributed by atoms with Crippen LogP contribution in [-0.4, -0.2) is 44.4 Å². The second-order valence-corrected chi connectivity index (χ2v) is 9.43. The van der Waals surface area contributed by atoms with E-state index in [9.17, 15) is 4.79 Å². The summed E-state index contributed by atoms with van der Waals surface area (Å²) >= 11 is 0. The zero-order valence-electron chi connectivity index (χ0n) is 19.5. The molecule has 1 fully saturated rings. The summed E-state index contributed by atoms with van der Waals surface area (Å²) in [6, 6.07) is 14.2. The lowest BCUT2D eigenvalue weighted by atomic mass is 10.0. The average Bonchev–Trinajstić information content (AvgIpc) is 3.58. The molecule has 34 heavy (non-hydrogen) atoms. The summed E-state index contributed by atoms with van der Waals surface area (Å²) in [5.41, 5.74) is 6.03. The van der Waals surface area contributed by atoms with Gasteiger partial charge in [-0.15, -0.1) is 5.10 Å². The highest BCUT2D eigenvalue weighted by atomic mass is 16.5. The number of aromatic amines is 1. The van der Waals surface area contributed by atoms with Gasteiger partial charge in [0.25, 0.3) is 5.56 Å². The SMILES string of the molecule is Cc1cc(C)c2[nH]c(=O)c([C@H](c3nnnn3C[C@@H]3CCCO3)N3CCc4ccccc43)cc2c1. The first-order chi connectivity index (χ1) is 16.6. The van der Waals surface area contributed by atoms with Crippen LogP contribution in [0.15, 0.2) is 47.3 Å². The number of tetrazole rings is 1. The van der Waals surface area contributed by atoms with Gasteiger partial charge in [-0.05, 0) is 78.2 Å². The van der Waals surface area contributed by atoms with Gasteiger partial charge in [0, 0.05) is 24.4 Å². The van der Waals surface area contributed by atoms with E-state index in [1.165, 1.54) is 5.56 Å². The van der Waals surface area contributed by atoms with Crippen LogP contribution in [0, 0.1) is 13.8 Å². The topological polar surface area (TPSA) is 88.9 Å². The van der Waals surface area contributed by atoms with Crippen molar-refractivity contribution in [3.8, 4) is 0 Å². The third-order valence-electron chi connectivity index (χ3n) is 7.06. The molecule has 2 aliphatic heterocycles. The summed E-state index contributed by atoms with van der Waals surface area (Å²) in [5.74, 6) is 0.668. The first kappa shape index (κ1) is 21.0. The van der Waals surface area contributed by atoms with Gasteiger partial charge in [-0.2, -0.15) is 0 Å². The molecule has 1 saturated heterocycles. The van der Waals surface area contributed by atoms with Crippen molar-refractivity contribution in [2.45, 2.75) is 51.8 Å². The highest BCUT2D eigenvalue weighted by Crippen LogP contribution is 2.37. The second-order valence-electron chi connectivity index (χ2n) is 9.43. The number of nitrogens with zero attached hydrogens (tertiary/aromatic N) is 5. The Morgan fingerprint density at radius 3 is 2.94 bits per heavy atom. The number of rotatable bonds is 5. The van der Waals surface area contributed by atoms with Gasteiger partial charge < -0.3 is 14.6 Å². The van der Waals surface area contributed by atoms with Gasteiger partial charge in [0.05, 0.1) is 18.2 Å². The number of fused-ring (bicyclic) bond motifs is 2. The molecule has 2 aromatic carbocycles. The van der Waals surface area contributed by atoms with Gasteiger partial charge in [-0.1, -0.05) is 29.8 Å². The van der Waals surface area contributed by atoms with Crippen molar-refractivity contribution in [3.63, 3.8) is 0 Å². The molecule has 0 amide bonds. The van der Waals surface area contributed by atoms with E-state index in [0.29, 0.717) is 17.9 Å². The molecule has 0 spiro atoms. The van der Waals surface area contributed by atoms with E-state index >= 15 is 0 Å². The number of anilines is 1. The number of para-hydroxylation sites is 1. The van der Waals surface area contributed by atoms with Gasteiger partial charge in [0.2, 0.25) is 0 Å². The Labute approximate surface area is 197 Å². The molecule has 0 bridgehead atoms. The van der Waals surface area contributed by atoms with Crippen LogP contribution in [0.2, 0.25) is 0 Å². The first-order valence-corrected chi connectivity index (χ1v) is 11.9. The Kier molecular flexibility index (Phi) is 5.17. The molecule has 0 aliphatic carbocycles. The fourth-order valence-corrected chi connectivity index (χ4v) is 5.50. The highest BCUT2D eigenvalue weighted by Gasteiger charge is 2.35. The number of hydrogen-bond donors (Lipinski definition) is 1. The van der Waals surface area contributed by atoms with Crippen molar-refractivity contribution in [1.29, 1.82) is 0 Å². The predicted molar refractivity (Wildman–Crippen MR) is 130 cm³/mol. The summed E-state index contributed by atoms with van der Waals surface area (Å²) in [6.07, 6.45) is 3.05. The van der Waals surface area contributed by atoms with Crippen LogP contribution in [0.25, 0.3) is 10.9 Å². The van der Waals surface area contributed by atoms with Crippen molar-refractivity contribution >= 4 is 16.6 Å². The van der Waals surface area contributed by atoms with Gasteiger partial charge >= 0.3 is 0 Å². The van der Waals surface area contributed by atoms with Crippen LogP contribution < -0.4 is 10.5 Å². The average molecular weight is 457 g/mol. The molecule has 4 aromatic rings. The zero-order chi connectivity index (χ0) is 23.2. The van der Waals surface area contributed by atoms with Crippen molar-refractivity contribution in [2.24, 2.45) is 0 Å². The van der Waals surface area contributed by atoms with Gasteiger partial charge in [0.15, 0.2) is 5.82 Å². The monoisotopic (exact) mass is 456 g/mol. The minimum absolute atomic E-state index is 0.0916. The number of H-pyrrole nitrogens is 1. The molecule has 2 atom stereocenters. The lowest BCUT2D eigenvalue weighted by molar-refractivity contribution is 0.0924. The van der Waals surface area contributed by atoms with Crippen LogP contribution >= 0.6 is 0 Å². The number of aromatic nitrogens is 5. The summed E-state index contributed by atoms with van der Waals surface area (Å²) in [6.45, 7) is 6.25. The maximum absolute atomic E-state index is 13.5. The molecular weight excluding hydrogens is 428 g/mol. The third kappa shape index (κ3) is 3.58. The molecule has 6 rings (SSSR count). The number of pyridine rings is 1.